The van der Waals surface area contributed by atoms with E-state index in [1.54, 1.807) is 22.0 Å². The first-order valence-corrected chi connectivity index (χ1v) is 15.0. The van der Waals surface area contributed by atoms with Crippen molar-refractivity contribution in [3.63, 3.8) is 0 Å². The molecule has 6 heterocycles. The van der Waals surface area contributed by atoms with Crippen LogP contribution in [0.2, 0.25) is 0 Å². The molecule has 1 aliphatic carbocycles. The van der Waals surface area contributed by atoms with E-state index in [-0.39, 0.29) is 11.9 Å². The standard InChI is InChI=1S/C25H29N9O2S.C2HF3O2/c26-16-3-6-32(7-4-16)20-5-8-34-23(29-20)17(14-27-34)24(35)28-18-13-19-22(30-21(18)15-1-2-15)31-25(37-19)33-9-11-36-12-10-33;3-2(4,5)1(6)7/h5,8,13-16H,1-4,6-7,9-12,26H2,(H,28,35);(H,6,7). The van der Waals surface area contributed by atoms with Gasteiger partial charge in [-0.25, -0.2) is 19.3 Å². The minimum Gasteiger partial charge on any atom is -0.475 e. The number of thiazole rings is 1. The van der Waals surface area contributed by atoms with Crippen LogP contribution in [-0.4, -0.2) is 93.2 Å². The summed E-state index contributed by atoms with van der Waals surface area (Å²) in [6, 6.07) is 4.21. The lowest BCUT2D eigenvalue weighted by Gasteiger charge is -2.31. The monoisotopic (exact) mass is 633 g/mol. The maximum Gasteiger partial charge on any atom is 0.490 e. The number of halogens is 3. The van der Waals surface area contributed by atoms with Crippen LogP contribution in [0.15, 0.2) is 24.5 Å². The van der Waals surface area contributed by atoms with E-state index in [1.165, 1.54) is 0 Å². The number of nitrogens with one attached hydrogen (secondary N) is 1. The number of alkyl halides is 3. The first-order chi connectivity index (χ1) is 21.1. The molecule has 0 bridgehead atoms. The molecule has 44 heavy (non-hydrogen) atoms. The van der Waals surface area contributed by atoms with E-state index in [1.807, 2.05) is 18.3 Å². The third-order valence-corrected chi connectivity index (χ3v) is 8.65. The quantitative estimate of drug-likeness (QED) is 0.296. The van der Waals surface area contributed by atoms with Gasteiger partial charge in [-0.05, 0) is 37.8 Å². The summed E-state index contributed by atoms with van der Waals surface area (Å²) in [5.41, 5.74) is 9.45. The molecule has 4 aromatic heterocycles. The van der Waals surface area contributed by atoms with Gasteiger partial charge in [0.2, 0.25) is 0 Å². The zero-order chi connectivity index (χ0) is 31.0. The van der Waals surface area contributed by atoms with Crippen molar-refractivity contribution in [2.75, 3.05) is 54.5 Å². The number of aliphatic carboxylic acids is 1. The number of amides is 1. The molecule has 2 aliphatic heterocycles. The largest absolute Gasteiger partial charge is 0.490 e. The first kappa shape index (κ1) is 30.0. The molecule has 4 N–H and O–H groups in total. The Morgan fingerprint density at radius 1 is 1.05 bits per heavy atom. The van der Waals surface area contributed by atoms with Gasteiger partial charge < -0.3 is 30.7 Å². The van der Waals surface area contributed by atoms with E-state index >= 15 is 0 Å². The van der Waals surface area contributed by atoms with Gasteiger partial charge in [0.1, 0.15) is 11.4 Å². The highest BCUT2D eigenvalue weighted by Crippen LogP contribution is 2.44. The van der Waals surface area contributed by atoms with Crippen LogP contribution in [0, 0.1) is 0 Å². The fourth-order valence-corrected chi connectivity index (χ4v) is 6.04. The summed E-state index contributed by atoms with van der Waals surface area (Å²) in [6.07, 6.45) is 2.37. The third-order valence-electron chi connectivity index (χ3n) is 7.60. The van der Waals surface area contributed by atoms with Crippen LogP contribution >= 0.6 is 11.3 Å². The zero-order valence-corrected chi connectivity index (χ0v) is 24.3. The van der Waals surface area contributed by atoms with Gasteiger partial charge in [0.15, 0.2) is 16.4 Å². The highest BCUT2D eigenvalue weighted by atomic mass is 32.1. The minimum atomic E-state index is -5.08. The number of carboxylic acids is 1. The van der Waals surface area contributed by atoms with E-state index in [2.05, 4.69) is 20.2 Å². The van der Waals surface area contributed by atoms with E-state index in [0.29, 0.717) is 30.3 Å². The molecule has 1 saturated carbocycles. The summed E-state index contributed by atoms with van der Waals surface area (Å²) in [6.45, 7) is 4.78. The Balaban J connectivity index is 0.000000441. The molecule has 7 rings (SSSR count). The number of carbonyl (C=O) groups is 2. The highest BCUT2D eigenvalue weighted by molar-refractivity contribution is 7.22. The highest BCUT2D eigenvalue weighted by Gasteiger charge is 2.38. The zero-order valence-electron chi connectivity index (χ0n) is 23.5. The number of carbonyl (C=O) groups excluding carboxylic acids is 1. The van der Waals surface area contributed by atoms with Crippen LogP contribution in [0.3, 0.4) is 0 Å². The second kappa shape index (κ2) is 12.1. The molecule has 2 saturated heterocycles. The summed E-state index contributed by atoms with van der Waals surface area (Å²) in [4.78, 5) is 41.4. The van der Waals surface area contributed by atoms with Crippen molar-refractivity contribution >= 4 is 55.8 Å². The molecule has 234 valence electrons. The summed E-state index contributed by atoms with van der Waals surface area (Å²) in [5.74, 6) is -1.79. The topological polar surface area (TPSA) is 164 Å². The molecule has 1 amide bonds. The van der Waals surface area contributed by atoms with Gasteiger partial charge in [-0.15, -0.1) is 0 Å². The van der Waals surface area contributed by atoms with Crippen molar-refractivity contribution in [3.05, 3.63) is 35.8 Å². The smallest absolute Gasteiger partial charge is 0.475 e. The van der Waals surface area contributed by atoms with E-state index in [4.69, 9.17) is 35.3 Å². The van der Waals surface area contributed by atoms with Gasteiger partial charge in [0, 0.05) is 44.3 Å². The van der Waals surface area contributed by atoms with Crippen LogP contribution in [0.25, 0.3) is 16.0 Å². The normalized spacial score (nSPS) is 17.9. The molecule has 17 heteroatoms. The van der Waals surface area contributed by atoms with Crippen LogP contribution in [0.4, 0.5) is 29.8 Å². The second-order valence-corrected chi connectivity index (χ2v) is 11.8. The number of nitrogens with two attached hydrogens (primary N) is 1. The molecular formula is C27H30F3N9O4S. The number of carboxylic acid groups (broad SMARTS) is 1. The number of aromatic nitrogens is 5. The van der Waals surface area contributed by atoms with Crippen molar-refractivity contribution in [2.45, 2.75) is 43.8 Å². The number of rotatable bonds is 5. The number of nitrogens with zero attached hydrogens (tertiary/aromatic N) is 7. The number of hydrogen-bond donors (Lipinski definition) is 3. The summed E-state index contributed by atoms with van der Waals surface area (Å²) < 4.78 is 39.8. The molecule has 0 spiro atoms. The van der Waals surface area contributed by atoms with E-state index in [0.717, 1.165) is 84.5 Å². The molecule has 3 aliphatic rings. The Hall–Kier alpha value is -4.09. The van der Waals surface area contributed by atoms with Crippen molar-refractivity contribution in [2.24, 2.45) is 5.73 Å². The minimum absolute atomic E-state index is 0.235. The number of ether oxygens (including phenoxy) is 1. The van der Waals surface area contributed by atoms with E-state index < -0.39 is 12.1 Å². The van der Waals surface area contributed by atoms with Crippen LogP contribution in [0.5, 0.6) is 0 Å². The van der Waals surface area contributed by atoms with E-state index in [9.17, 15) is 18.0 Å². The number of fused-ring (bicyclic) bond motifs is 2. The average molecular weight is 634 g/mol. The maximum absolute atomic E-state index is 13.5. The predicted molar refractivity (Wildman–Crippen MR) is 156 cm³/mol. The summed E-state index contributed by atoms with van der Waals surface area (Å²) in [7, 11) is 0. The average Bonchev–Trinajstić information content (AvgIpc) is 3.62. The number of piperidine rings is 1. The van der Waals surface area contributed by atoms with Gasteiger partial charge in [0.05, 0.1) is 35.5 Å². The molecule has 13 nitrogen and oxygen atoms in total. The number of hydrogen-bond acceptors (Lipinski definition) is 11. The van der Waals surface area contributed by atoms with Crippen LogP contribution in [-0.2, 0) is 9.53 Å². The fraction of sp³-hybridized carbons (Fsp3) is 0.481. The molecule has 3 fully saturated rings. The SMILES string of the molecule is NC1CCN(c2ccn3ncc(C(=O)Nc4cc5sc(N6CCOCC6)nc5nc4C4CC4)c3n2)CC1.O=C(O)C(F)(F)F. The summed E-state index contributed by atoms with van der Waals surface area (Å²) >= 11 is 1.61. The first-order valence-electron chi connectivity index (χ1n) is 14.2. The predicted octanol–water partition coefficient (Wildman–Crippen LogP) is 3.26. The Kier molecular flexibility index (Phi) is 8.26. The summed E-state index contributed by atoms with van der Waals surface area (Å²) in [5, 5.41) is 15.6. The molecule has 0 unspecified atom stereocenters. The van der Waals surface area contributed by atoms with Gasteiger partial charge in [-0.1, -0.05) is 11.3 Å². The number of anilines is 3. The maximum atomic E-state index is 13.5. The number of morpholine rings is 1. The number of pyridine rings is 1. The van der Waals surface area contributed by atoms with Gasteiger partial charge in [0.25, 0.3) is 5.91 Å². The molecular weight excluding hydrogens is 603 g/mol. The fourth-order valence-electron chi connectivity index (χ4n) is 5.04. The van der Waals surface area contributed by atoms with Gasteiger partial charge in [-0.2, -0.15) is 23.3 Å². The Labute approximate surface area is 252 Å². The molecule has 0 atom stereocenters. The van der Waals surface area contributed by atoms with Crippen LogP contribution in [0.1, 0.15) is 47.7 Å². The van der Waals surface area contributed by atoms with Gasteiger partial charge >= 0.3 is 12.1 Å². The van der Waals surface area contributed by atoms with Crippen molar-refractivity contribution in [3.8, 4) is 0 Å². The van der Waals surface area contributed by atoms with Crippen molar-refractivity contribution in [1.82, 2.24) is 24.6 Å². The van der Waals surface area contributed by atoms with Crippen molar-refractivity contribution < 1.29 is 32.6 Å². The van der Waals surface area contributed by atoms with Gasteiger partial charge in [-0.3, -0.25) is 4.79 Å². The Morgan fingerprint density at radius 2 is 1.75 bits per heavy atom. The van der Waals surface area contributed by atoms with Crippen molar-refractivity contribution in [1.29, 1.82) is 0 Å². The lowest BCUT2D eigenvalue weighted by molar-refractivity contribution is -0.192. The molecule has 4 aromatic rings. The lowest BCUT2D eigenvalue weighted by atomic mass is 10.1. The Bertz CT molecular complexity index is 1680. The lowest BCUT2D eigenvalue weighted by Crippen LogP contribution is -2.40. The Morgan fingerprint density at radius 3 is 2.41 bits per heavy atom. The van der Waals surface area contributed by atoms with Crippen LogP contribution < -0.4 is 20.9 Å². The second-order valence-electron chi connectivity index (χ2n) is 10.8. The third kappa shape index (κ3) is 6.53. The molecule has 0 aromatic carbocycles. The molecule has 0 radical (unpaired) electrons.